The van der Waals surface area contributed by atoms with Gasteiger partial charge in [-0.25, -0.2) is 8.42 Å². The van der Waals surface area contributed by atoms with Crippen molar-refractivity contribution < 1.29 is 22.0 Å². The summed E-state index contributed by atoms with van der Waals surface area (Å²) in [5, 5.41) is 0. The Hall–Kier alpha value is -2.28. The number of sulfone groups is 1. The molecule has 25 heavy (non-hydrogen) atoms. The molecular weight excluding hydrogens is 348 g/mol. The topological polar surface area (TPSA) is 54.5 Å². The lowest BCUT2D eigenvalue weighted by atomic mass is 10.1. The van der Waals surface area contributed by atoms with Crippen LogP contribution in [0.25, 0.3) is 0 Å². The number of alkyl halides is 2. The molecule has 0 atom stereocenters. The molecule has 7 heteroatoms. The van der Waals surface area contributed by atoms with Crippen LogP contribution in [0.4, 0.5) is 8.78 Å². The van der Waals surface area contributed by atoms with E-state index >= 15 is 0 Å². The third kappa shape index (κ3) is 4.63. The van der Waals surface area contributed by atoms with Gasteiger partial charge >= 0.3 is 5.76 Å². The van der Waals surface area contributed by atoms with E-state index in [1.807, 2.05) is 37.3 Å². The Morgan fingerprint density at radius 3 is 2.16 bits per heavy atom. The van der Waals surface area contributed by atoms with Gasteiger partial charge in [0.2, 0.25) is 9.84 Å². The zero-order valence-corrected chi connectivity index (χ0v) is 14.5. The molecule has 0 aliphatic heterocycles. The predicted molar refractivity (Wildman–Crippen MR) is 91.4 cm³/mol. The highest BCUT2D eigenvalue weighted by molar-refractivity contribution is 7.91. The molecule has 0 saturated carbocycles. The molecule has 0 spiro atoms. The summed E-state index contributed by atoms with van der Waals surface area (Å²) in [6.07, 6.45) is 0.693. The highest BCUT2D eigenvalue weighted by Gasteiger charge is 2.26. The lowest BCUT2D eigenvalue weighted by molar-refractivity contribution is 0.0766. The number of benzene rings is 2. The van der Waals surface area contributed by atoms with Crippen molar-refractivity contribution in [3.05, 3.63) is 65.7 Å². The molecule has 0 aliphatic carbocycles. The van der Waals surface area contributed by atoms with Gasteiger partial charge in [-0.3, -0.25) is 4.79 Å². The van der Waals surface area contributed by atoms with Gasteiger partial charge in [0, 0.05) is 18.7 Å². The van der Waals surface area contributed by atoms with Crippen molar-refractivity contribution in [2.45, 2.75) is 24.0 Å². The van der Waals surface area contributed by atoms with Crippen LogP contribution in [0.1, 0.15) is 22.8 Å². The molecule has 0 bridgehead atoms. The Morgan fingerprint density at radius 1 is 1.04 bits per heavy atom. The van der Waals surface area contributed by atoms with Crippen LogP contribution in [0.3, 0.4) is 0 Å². The second kappa shape index (κ2) is 8.20. The molecule has 2 aromatic carbocycles. The second-order valence-corrected chi connectivity index (χ2v) is 7.37. The van der Waals surface area contributed by atoms with Crippen molar-refractivity contribution in [3.8, 4) is 0 Å². The number of amides is 1. The Labute approximate surface area is 146 Å². The SMILES string of the molecule is CCN(CCc1ccccc1)C(=O)c1ccc(S(=O)(=O)C(F)F)cc1. The van der Waals surface area contributed by atoms with Crippen molar-refractivity contribution in [2.24, 2.45) is 0 Å². The molecule has 2 rings (SSSR count). The third-order valence-corrected chi connectivity index (χ3v) is 5.24. The summed E-state index contributed by atoms with van der Waals surface area (Å²) in [5.41, 5.74) is 1.37. The summed E-state index contributed by atoms with van der Waals surface area (Å²) in [7, 11) is -4.65. The van der Waals surface area contributed by atoms with Gasteiger partial charge in [-0.2, -0.15) is 8.78 Å². The van der Waals surface area contributed by atoms with Gasteiger partial charge in [-0.1, -0.05) is 30.3 Å². The zero-order valence-electron chi connectivity index (χ0n) is 13.7. The summed E-state index contributed by atoms with van der Waals surface area (Å²) in [5.74, 6) is -3.74. The monoisotopic (exact) mass is 367 g/mol. The van der Waals surface area contributed by atoms with E-state index in [9.17, 15) is 22.0 Å². The minimum Gasteiger partial charge on any atom is -0.339 e. The van der Waals surface area contributed by atoms with Gasteiger partial charge in [-0.05, 0) is 43.2 Å². The Morgan fingerprint density at radius 2 is 1.64 bits per heavy atom. The number of halogens is 2. The maximum Gasteiger partial charge on any atom is 0.341 e. The fourth-order valence-corrected chi connectivity index (χ4v) is 3.11. The first-order chi connectivity index (χ1) is 11.9. The average Bonchev–Trinajstić information content (AvgIpc) is 2.63. The van der Waals surface area contributed by atoms with Crippen LogP contribution in [0.5, 0.6) is 0 Å². The number of nitrogens with zero attached hydrogens (tertiary/aromatic N) is 1. The fourth-order valence-electron chi connectivity index (χ4n) is 2.38. The standard InChI is InChI=1S/C18H19F2NO3S/c1-2-21(13-12-14-6-4-3-5-7-14)17(22)15-8-10-16(11-9-15)25(23,24)18(19)20/h3-11,18H,2,12-13H2,1H3. The first-order valence-corrected chi connectivity index (χ1v) is 9.36. The van der Waals surface area contributed by atoms with Crippen LogP contribution in [0.2, 0.25) is 0 Å². The van der Waals surface area contributed by atoms with E-state index < -0.39 is 20.5 Å². The van der Waals surface area contributed by atoms with Gasteiger partial charge < -0.3 is 4.90 Å². The lowest BCUT2D eigenvalue weighted by Crippen LogP contribution is -2.32. The molecule has 0 radical (unpaired) electrons. The fraction of sp³-hybridized carbons (Fsp3) is 0.278. The van der Waals surface area contributed by atoms with Gasteiger partial charge in [0.05, 0.1) is 4.90 Å². The first kappa shape index (κ1) is 19.1. The van der Waals surface area contributed by atoms with Crippen LogP contribution in [-0.4, -0.2) is 38.1 Å². The van der Waals surface area contributed by atoms with Gasteiger partial charge in [-0.15, -0.1) is 0 Å². The molecule has 0 unspecified atom stereocenters. The maximum absolute atomic E-state index is 12.5. The van der Waals surface area contributed by atoms with E-state index in [2.05, 4.69) is 0 Å². The molecule has 0 fully saturated rings. The predicted octanol–water partition coefficient (Wildman–Crippen LogP) is 3.39. The number of hydrogen-bond acceptors (Lipinski definition) is 3. The van der Waals surface area contributed by atoms with E-state index in [1.54, 1.807) is 4.90 Å². The quantitative estimate of drug-likeness (QED) is 0.754. The maximum atomic E-state index is 12.5. The first-order valence-electron chi connectivity index (χ1n) is 7.81. The van der Waals surface area contributed by atoms with Crippen molar-refractivity contribution in [1.82, 2.24) is 4.90 Å². The van der Waals surface area contributed by atoms with E-state index in [-0.39, 0.29) is 11.5 Å². The number of hydrogen-bond donors (Lipinski definition) is 0. The summed E-state index contributed by atoms with van der Waals surface area (Å²) >= 11 is 0. The molecule has 0 aromatic heterocycles. The normalized spacial score (nSPS) is 11.5. The number of likely N-dealkylation sites (N-methyl/N-ethyl adjacent to an activating group) is 1. The number of carbonyl (C=O) groups is 1. The summed E-state index contributed by atoms with van der Waals surface area (Å²) in [6, 6.07) is 14.3. The van der Waals surface area contributed by atoms with Gasteiger partial charge in [0.15, 0.2) is 0 Å². The summed E-state index contributed by atoms with van der Waals surface area (Å²) < 4.78 is 47.9. The molecule has 134 valence electrons. The molecule has 4 nitrogen and oxygen atoms in total. The van der Waals surface area contributed by atoms with E-state index in [0.29, 0.717) is 19.5 Å². The minimum absolute atomic E-state index is 0.264. The van der Waals surface area contributed by atoms with Crippen molar-refractivity contribution in [3.63, 3.8) is 0 Å². The van der Waals surface area contributed by atoms with Crippen LogP contribution >= 0.6 is 0 Å². The molecule has 0 saturated heterocycles. The lowest BCUT2D eigenvalue weighted by Gasteiger charge is -2.21. The summed E-state index contributed by atoms with van der Waals surface area (Å²) in [6.45, 7) is 2.84. The highest BCUT2D eigenvalue weighted by atomic mass is 32.2. The Bertz CT molecular complexity index is 806. The van der Waals surface area contributed by atoms with Crippen molar-refractivity contribution in [2.75, 3.05) is 13.1 Å². The third-order valence-electron chi connectivity index (χ3n) is 3.85. The van der Waals surface area contributed by atoms with Crippen LogP contribution < -0.4 is 0 Å². The Balaban J connectivity index is 2.10. The second-order valence-electron chi connectivity index (χ2n) is 5.45. The highest BCUT2D eigenvalue weighted by Crippen LogP contribution is 2.19. The van der Waals surface area contributed by atoms with E-state index in [0.717, 1.165) is 17.7 Å². The van der Waals surface area contributed by atoms with Crippen molar-refractivity contribution >= 4 is 15.7 Å². The van der Waals surface area contributed by atoms with E-state index in [1.165, 1.54) is 12.1 Å². The molecular formula is C18H19F2NO3S. The average molecular weight is 367 g/mol. The molecule has 2 aromatic rings. The van der Waals surface area contributed by atoms with Crippen LogP contribution in [0, 0.1) is 0 Å². The zero-order chi connectivity index (χ0) is 18.4. The number of rotatable bonds is 7. The largest absolute Gasteiger partial charge is 0.341 e. The smallest absolute Gasteiger partial charge is 0.339 e. The Kier molecular flexibility index (Phi) is 6.25. The molecule has 1 amide bonds. The van der Waals surface area contributed by atoms with E-state index in [4.69, 9.17) is 0 Å². The van der Waals surface area contributed by atoms with Gasteiger partial charge in [0.25, 0.3) is 5.91 Å². The van der Waals surface area contributed by atoms with Gasteiger partial charge in [0.1, 0.15) is 0 Å². The number of carbonyl (C=O) groups excluding carboxylic acids is 1. The summed E-state index contributed by atoms with van der Waals surface area (Å²) in [4.78, 5) is 13.7. The minimum atomic E-state index is -4.65. The van der Waals surface area contributed by atoms with Crippen molar-refractivity contribution in [1.29, 1.82) is 0 Å². The molecule has 0 heterocycles. The van der Waals surface area contributed by atoms with Crippen LogP contribution in [-0.2, 0) is 16.3 Å². The molecule has 0 aliphatic rings. The molecule has 0 N–H and O–H groups in total. The van der Waals surface area contributed by atoms with Crippen LogP contribution in [0.15, 0.2) is 59.5 Å².